The second-order valence-corrected chi connectivity index (χ2v) is 7.47. The van der Waals surface area contributed by atoms with E-state index in [1.165, 1.54) is 0 Å². The maximum Gasteiger partial charge on any atom is 0.227 e. The van der Waals surface area contributed by atoms with Crippen molar-refractivity contribution in [2.24, 2.45) is 5.92 Å². The lowest BCUT2D eigenvalue weighted by Crippen LogP contribution is -2.42. The summed E-state index contributed by atoms with van der Waals surface area (Å²) >= 11 is 0. The van der Waals surface area contributed by atoms with Gasteiger partial charge in [0.1, 0.15) is 5.82 Å². The van der Waals surface area contributed by atoms with E-state index in [2.05, 4.69) is 4.98 Å². The molecule has 3 heterocycles. The number of fused-ring (bicyclic) bond motifs is 1. The summed E-state index contributed by atoms with van der Waals surface area (Å²) in [6.45, 7) is 3.04. The number of methoxy groups -OCH3 is 1. The molecule has 144 valence electrons. The van der Waals surface area contributed by atoms with Gasteiger partial charge in [0.15, 0.2) is 0 Å². The van der Waals surface area contributed by atoms with Gasteiger partial charge in [0.2, 0.25) is 11.8 Å². The predicted molar refractivity (Wildman–Crippen MR) is 101 cm³/mol. The van der Waals surface area contributed by atoms with Crippen molar-refractivity contribution in [3.05, 3.63) is 30.1 Å². The molecule has 0 bridgehead atoms. The monoisotopic (exact) mass is 370 g/mol. The number of nitrogens with one attached hydrogen (secondary N) is 1. The number of nitrogens with zero attached hydrogens (tertiary/aromatic N) is 3. The second kappa shape index (κ2) is 7.68. The number of aromatic amines is 1. The van der Waals surface area contributed by atoms with Gasteiger partial charge in [0, 0.05) is 45.6 Å². The van der Waals surface area contributed by atoms with Crippen LogP contribution in [0.2, 0.25) is 0 Å². The van der Waals surface area contributed by atoms with E-state index < -0.39 is 0 Å². The highest BCUT2D eigenvalue weighted by molar-refractivity contribution is 5.89. The molecule has 1 aromatic heterocycles. The fraction of sp³-hybridized carbons (Fsp3) is 0.550. The third kappa shape index (κ3) is 3.69. The van der Waals surface area contributed by atoms with Crippen molar-refractivity contribution in [3.8, 4) is 0 Å². The summed E-state index contributed by atoms with van der Waals surface area (Å²) < 4.78 is 5.04. The van der Waals surface area contributed by atoms with Crippen LogP contribution in [-0.2, 0) is 14.3 Å². The first-order valence-electron chi connectivity index (χ1n) is 9.66. The molecule has 2 fully saturated rings. The zero-order chi connectivity index (χ0) is 18.8. The van der Waals surface area contributed by atoms with Gasteiger partial charge in [0.05, 0.1) is 23.6 Å². The number of hydrogen-bond donors (Lipinski definition) is 1. The van der Waals surface area contributed by atoms with Crippen molar-refractivity contribution in [1.82, 2.24) is 19.8 Å². The molecule has 0 radical (unpaired) electrons. The summed E-state index contributed by atoms with van der Waals surface area (Å²) in [7, 11) is 1.62. The minimum atomic E-state index is -0.211. The number of aromatic nitrogens is 2. The van der Waals surface area contributed by atoms with Crippen LogP contribution in [0.4, 0.5) is 0 Å². The lowest BCUT2D eigenvalue weighted by atomic mass is 9.95. The molecule has 1 N–H and O–H groups in total. The van der Waals surface area contributed by atoms with Crippen molar-refractivity contribution < 1.29 is 14.3 Å². The van der Waals surface area contributed by atoms with Crippen molar-refractivity contribution >= 4 is 22.8 Å². The first-order chi connectivity index (χ1) is 13.2. The Morgan fingerprint density at radius 2 is 2.07 bits per heavy atom. The number of rotatable bonds is 5. The number of H-pyrrole nitrogens is 1. The van der Waals surface area contributed by atoms with E-state index in [0.717, 1.165) is 42.8 Å². The molecule has 4 rings (SSSR count). The topological polar surface area (TPSA) is 78.5 Å². The van der Waals surface area contributed by atoms with E-state index in [4.69, 9.17) is 9.72 Å². The number of hydrogen-bond acceptors (Lipinski definition) is 4. The number of carbonyl (C=O) groups excluding carboxylic acids is 2. The Balaban J connectivity index is 1.33. The highest BCUT2D eigenvalue weighted by atomic mass is 16.5. The summed E-state index contributed by atoms with van der Waals surface area (Å²) in [5.41, 5.74) is 2.05. The summed E-state index contributed by atoms with van der Waals surface area (Å²) in [4.78, 5) is 36.7. The van der Waals surface area contributed by atoms with Crippen molar-refractivity contribution in [3.63, 3.8) is 0 Å². The highest BCUT2D eigenvalue weighted by Crippen LogP contribution is 2.29. The second-order valence-electron chi connectivity index (χ2n) is 7.47. The fourth-order valence-electron chi connectivity index (χ4n) is 4.15. The molecular formula is C20H26N4O3. The van der Waals surface area contributed by atoms with Crippen LogP contribution in [0.1, 0.15) is 31.0 Å². The number of para-hydroxylation sites is 2. The maximum absolute atomic E-state index is 12.8. The average Bonchev–Trinajstić information content (AvgIpc) is 3.29. The number of piperidine rings is 1. The van der Waals surface area contributed by atoms with E-state index in [-0.39, 0.29) is 17.7 Å². The molecule has 0 aliphatic carbocycles. The summed E-state index contributed by atoms with van der Waals surface area (Å²) in [5.74, 6) is 1.33. The van der Waals surface area contributed by atoms with Crippen molar-refractivity contribution in [2.45, 2.75) is 25.2 Å². The van der Waals surface area contributed by atoms with E-state index in [1.54, 1.807) is 12.0 Å². The Morgan fingerprint density at radius 1 is 1.30 bits per heavy atom. The minimum absolute atomic E-state index is 0.0579. The smallest absolute Gasteiger partial charge is 0.227 e. The molecule has 7 nitrogen and oxygen atoms in total. The van der Waals surface area contributed by atoms with E-state index >= 15 is 0 Å². The molecule has 1 unspecified atom stereocenters. The quantitative estimate of drug-likeness (QED) is 0.870. The van der Waals surface area contributed by atoms with Crippen LogP contribution in [-0.4, -0.2) is 71.5 Å². The van der Waals surface area contributed by atoms with Gasteiger partial charge >= 0.3 is 0 Å². The number of carbonyl (C=O) groups is 2. The van der Waals surface area contributed by atoms with Gasteiger partial charge in [-0.05, 0) is 25.0 Å². The molecule has 27 heavy (non-hydrogen) atoms. The van der Waals surface area contributed by atoms with Crippen molar-refractivity contribution in [2.75, 3.05) is 39.9 Å². The van der Waals surface area contributed by atoms with Gasteiger partial charge in [-0.3, -0.25) is 9.59 Å². The van der Waals surface area contributed by atoms with E-state index in [9.17, 15) is 9.59 Å². The molecule has 1 atom stereocenters. The number of amides is 2. The van der Waals surface area contributed by atoms with Crippen LogP contribution in [0.25, 0.3) is 11.0 Å². The maximum atomic E-state index is 12.8. The molecule has 1 aromatic carbocycles. The highest BCUT2D eigenvalue weighted by Gasteiger charge is 2.37. The molecule has 0 spiro atoms. The van der Waals surface area contributed by atoms with Crippen molar-refractivity contribution in [1.29, 1.82) is 0 Å². The molecule has 2 saturated heterocycles. The van der Waals surface area contributed by atoms with Crippen LogP contribution < -0.4 is 0 Å². The molecule has 2 amide bonds. The Labute approximate surface area is 158 Å². The Hall–Kier alpha value is -2.41. The van der Waals surface area contributed by atoms with Gasteiger partial charge < -0.3 is 19.5 Å². The van der Waals surface area contributed by atoms with E-state index in [1.807, 2.05) is 29.2 Å². The van der Waals surface area contributed by atoms with Gasteiger partial charge in [-0.1, -0.05) is 12.1 Å². The SMILES string of the molecule is COCCN1CC(C(=O)N2CCC(c3nc4ccccc4[nH]3)CC2)CC1=O. The van der Waals surface area contributed by atoms with Crippen LogP contribution >= 0.6 is 0 Å². The molecule has 7 heteroatoms. The summed E-state index contributed by atoms with van der Waals surface area (Å²) in [6, 6.07) is 8.05. The first kappa shape index (κ1) is 18.0. The fourth-order valence-corrected chi connectivity index (χ4v) is 4.15. The zero-order valence-electron chi connectivity index (χ0n) is 15.7. The van der Waals surface area contributed by atoms with Crippen LogP contribution in [0.5, 0.6) is 0 Å². The summed E-state index contributed by atoms with van der Waals surface area (Å²) in [5, 5.41) is 0. The molecule has 2 aliphatic heterocycles. The normalized spacial score (nSPS) is 21.4. The number of imidazole rings is 1. The van der Waals surface area contributed by atoms with Gasteiger partial charge in [-0.25, -0.2) is 4.98 Å². The first-order valence-corrected chi connectivity index (χ1v) is 9.66. The predicted octanol–water partition coefficient (Wildman–Crippen LogP) is 1.76. The Bertz CT molecular complexity index is 792. The van der Waals surface area contributed by atoms with Crippen LogP contribution in [0.15, 0.2) is 24.3 Å². The third-order valence-corrected chi connectivity index (χ3v) is 5.73. The van der Waals surface area contributed by atoms with Gasteiger partial charge in [-0.15, -0.1) is 0 Å². The standard InChI is InChI=1S/C20H26N4O3/c1-27-11-10-24-13-15(12-18(24)25)20(26)23-8-6-14(7-9-23)19-21-16-4-2-3-5-17(16)22-19/h2-5,14-15H,6-13H2,1H3,(H,21,22). The third-order valence-electron chi connectivity index (χ3n) is 5.73. The summed E-state index contributed by atoms with van der Waals surface area (Å²) in [6.07, 6.45) is 2.13. The van der Waals surface area contributed by atoms with Gasteiger partial charge in [0.25, 0.3) is 0 Å². The minimum Gasteiger partial charge on any atom is -0.383 e. The van der Waals surface area contributed by atoms with Crippen LogP contribution in [0, 0.1) is 5.92 Å². The number of benzene rings is 1. The lowest BCUT2D eigenvalue weighted by molar-refractivity contribution is -0.136. The molecule has 2 aliphatic rings. The Kier molecular flexibility index (Phi) is 5.11. The largest absolute Gasteiger partial charge is 0.383 e. The number of ether oxygens (including phenoxy) is 1. The number of likely N-dealkylation sites (tertiary alicyclic amines) is 2. The Morgan fingerprint density at radius 3 is 2.81 bits per heavy atom. The lowest BCUT2D eigenvalue weighted by Gasteiger charge is -2.32. The van der Waals surface area contributed by atoms with Gasteiger partial charge in [-0.2, -0.15) is 0 Å². The zero-order valence-corrected chi connectivity index (χ0v) is 15.7. The van der Waals surface area contributed by atoms with E-state index in [0.29, 0.717) is 32.0 Å². The molecular weight excluding hydrogens is 344 g/mol. The van der Waals surface area contributed by atoms with Crippen LogP contribution in [0.3, 0.4) is 0 Å². The molecule has 0 saturated carbocycles. The average molecular weight is 370 g/mol. The molecule has 2 aromatic rings.